The smallest absolute Gasteiger partial charge is 0.349 e. The molecule has 0 saturated carbocycles. The minimum atomic E-state index is -0.672. The fourth-order valence-corrected chi connectivity index (χ4v) is 4.77. The second kappa shape index (κ2) is 8.60. The second-order valence-corrected chi connectivity index (χ2v) is 9.05. The van der Waals surface area contributed by atoms with Crippen LogP contribution in [0.4, 0.5) is 5.13 Å². The van der Waals surface area contributed by atoms with E-state index in [9.17, 15) is 9.59 Å². The summed E-state index contributed by atoms with van der Waals surface area (Å²) in [7, 11) is 0. The van der Waals surface area contributed by atoms with Crippen molar-refractivity contribution in [2.24, 2.45) is 0 Å². The highest BCUT2D eigenvalue weighted by Crippen LogP contribution is 2.34. The summed E-state index contributed by atoms with van der Waals surface area (Å²) in [5.41, 5.74) is 2.42. The van der Waals surface area contributed by atoms with Gasteiger partial charge in [-0.25, -0.2) is 9.78 Å². The van der Waals surface area contributed by atoms with Crippen LogP contribution in [0.5, 0.6) is 0 Å². The molecular formula is C26H21N3O3S. The van der Waals surface area contributed by atoms with Crippen molar-refractivity contribution >= 4 is 43.6 Å². The summed E-state index contributed by atoms with van der Waals surface area (Å²) in [5, 5.41) is 1.20. The number of hydrogen-bond acceptors (Lipinski definition) is 6. The summed E-state index contributed by atoms with van der Waals surface area (Å²) in [6, 6.07) is 20.3. The second-order valence-electron chi connectivity index (χ2n) is 8.04. The number of para-hydroxylation sites is 2. The maximum absolute atomic E-state index is 13.7. The highest BCUT2D eigenvalue weighted by atomic mass is 32.1. The molecule has 0 radical (unpaired) electrons. The summed E-state index contributed by atoms with van der Waals surface area (Å²) >= 11 is 1.42. The number of benzene rings is 2. The topological polar surface area (TPSA) is 76.3 Å². The molecule has 0 fully saturated rings. The number of amides is 1. The lowest BCUT2D eigenvalue weighted by atomic mass is 10.0. The summed E-state index contributed by atoms with van der Waals surface area (Å²) < 4.78 is 6.41. The van der Waals surface area contributed by atoms with Crippen molar-refractivity contribution in [3.63, 3.8) is 0 Å². The number of nitrogens with zero attached hydrogens (tertiary/aromatic N) is 3. The highest BCUT2D eigenvalue weighted by Gasteiger charge is 2.26. The van der Waals surface area contributed by atoms with Gasteiger partial charge in [0.05, 0.1) is 22.5 Å². The molecule has 5 aromatic rings. The summed E-state index contributed by atoms with van der Waals surface area (Å²) in [5.74, 6) is -0.179. The summed E-state index contributed by atoms with van der Waals surface area (Å²) in [6.45, 7) is 4.42. The van der Waals surface area contributed by atoms with Gasteiger partial charge < -0.3 is 4.42 Å². The molecular weight excluding hydrogens is 434 g/mol. The van der Waals surface area contributed by atoms with Crippen LogP contribution < -0.4 is 10.5 Å². The van der Waals surface area contributed by atoms with Gasteiger partial charge in [0.25, 0.3) is 5.91 Å². The lowest BCUT2D eigenvalue weighted by molar-refractivity contribution is 0.0981. The fraction of sp³-hybridized carbons (Fsp3) is 0.154. The van der Waals surface area contributed by atoms with Crippen LogP contribution in [-0.2, 0) is 6.54 Å². The van der Waals surface area contributed by atoms with E-state index in [0.29, 0.717) is 21.8 Å². The van der Waals surface area contributed by atoms with E-state index in [0.717, 1.165) is 15.8 Å². The minimum absolute atomic E-state index is 0.0343. The zero-order valence-electron chi connectivity index (χ0n) is 18.2. The predicted molar refractivity (Wildman–Crippen MR) is 131 cm³/mol. The van der Waals surface area contributed by atoms with Gasteiger partial charge in [0, 0.05) is 11.6 Å². The van der Waals surface area contributed by atoms with Gasteiger partial charge in [0.2, 0.25) is 0 Å². The van der Waals surface area contributed by atoms with E-state index < -0.39 is 11.5 Å². The van der Waals surface area contributed by atoms with Crippen LogP contribution in [0, 0.1) is 0 Å². The SMILES string of the molecule is CC(C)c1cccc2sc(N(Cc3ccccn3)C(=O)c3cc4ccccc4oc3=O)nc12. The lowest BCUT2D eigenvalue weighted by Crippen LogP contribution is -2.34. The molecule has 164 valence electrons. The van der Waals surface area contributed by atoms with Crippen LogP contribution in [0.25, 0.3) is 21.2 Å². The first-order valence-electron chi connectivity index (χ1n) is 10.7. The molecule has 7 heteroatoms. The highest BCUT2D eigenvalue weighted by molar-refractivity contribution is 7.22. The Bertz CT molecular complexity index is 1520. The number of carbonyl (C=O) groups excluding carboxylic acids is 1. The standard InChI is InChI=1S/C26H21N3O3S/c1-16(2)19-10-7-12-22-23(19)28-26(33-22)29(15-18-9-5-6-13-27-18)24(30)20-14-17-8-3-4-11-21(17)32-25(20)31/h3-14,16H,15H2,1-2H3. The Hall–Kier alpha value is -3.84. The van der Waals surface area contributed by atoms with Crippen LogP contribution in [0.2, 0.25) is 0 Å². The van der Waals surface area contributed by atoms with Gasteiger partial charge in [0.1, 0.15) is 11.1 Å². The van der Waals surface area contributed by atoms with Gasteiger partial charge in [-0.15, -0.1) is 0 Å². The van der Waals surface area contributed by atoms with Crippen LogP contribution in [-0.4, -0.2) is 15.9 Å². The first-order chi connectivity index (χ1) is 16.0. The summed E-state index contributed by atoms with van der Waals surface area (Å²) in [6.07, 6.45) is 1.68. The average molecular weight is 456 g/mol. The maximum Gasteiger partial charge on any atom is 0.349 e. The molecule has 5 rings (SSSR count). The molecule has 0 bridgehead atoms. The molecule has 0 aliphatic carbocycles. The first-order valence-corrected chi connectivity index (χ1v) is 11.5. The minimum Gasteiger partial charge on any atom is -0.422 e. The van der Waals surface area contributed by atoms with Gasteiger partial charge in [-0.1, -0.05) is 61.6 Å². The predicted octanol–water partition coefficient (Wildman–Crippen LogP) is 5.77. The van der Waals surface area contributed by atoms with Crippen molar-refractivity contribution in [2.75, 3.05) is 4.90 Å². The van der Waals surface area contributed by atoms with Crippen molar-refractivity contribution in [3.05, 3.63) is 100 Å². The Morgan fingerprint density at radius 1 is 1.06 bits per heavy atom. The van der Waals surface area contributed by atoms with E-state index in [1.807, 2.05) is 42.5 Å². The van der Waals surface area contributed by atoms with Crippen molar-refractivity contribution in [1.82, 2.24) is 9.97 Å². The Kier molecular flexibility index (Phi) is 5.48. The largest absolute Gasteiger partial charge is 0.422 e. The average Bonchev–Trinajstić information content (AvgIpc) is 3.26. The van der Waals surface area contributed by atoms with Gasteiger partial charge in [-0.05, 0) is 41.8 Å². The van der Waals surface area contributed by atoms with E-state index in [1.165, 1.54) is 16.2 Å². The van der Waals surface area contributed by atoms with E-state index in [2.05, 4.69) is 24.9 Å². The number of rotatable bonds is 5. The molecule has 0 saturated heterocycles. The lowest BCUT2D eigenvalue weighted by Gasteiger charge is -2.19. The van der Waals surface area contributed by atoms with Gasteiger partial charge in [0.15, 0.2) is 5.13 Å². The van der Waals surface area contributed by atoms with E-state index in [-0.39, 0.29) is 18.0 Å². The molecule has 3 heterocycles. The Balaban J connectivity index is 1.65. The van der Waals surface area contributed by atoms with Gasteiger partial charge in [-0.2, -0.15) is 0 Å². The van der Waals surface area contributed by atoms with E-state index >= 15 is 0 Å². The number of thiazole rings is 1. The van der Waals surface area contributed by atoms with E-state index in [1.54, 1.807) is 24.4 Å². The van der Waals surface area contributed by atoms with Crippen LogP contribution in [0.3, 0.4) is 0 Å². The molecule has 0 spiro atoms. The molecule has 33 heavy (non-hydrogen) atoms. The zero-order chi connectivity index (χ0) is 22.9. The number of anilines is 1. The first kappa shape index (κ1) is 21.0. The van der Waals surface area contributed by atoms with Crippen LogP contribution in [0.1, 0.15) is 41.4 Å². The Morgan fingerprint density at radius 2 is 1.88 bits per heavy atom. The molecule has 0 atom stereocenters. The molecule has 6 nitrogen and oxygen atoms in total. The van der Waals surface area contributed by atoms with Crippen LogP contribution in [0.15, 0.2) is 82.1 Å². The van der Waals surface area contributed by atoms with Crippen molar-refractivity contribution < 1.29 is 9.21 Å². The normalized spacial score (nSPS) is 11.4. The monoisotopic (exact) mass is 455 g/mol. The maximum atomic E-state index is 13.7. The fourth-order valence-electron chi connectivity index (χ4n) is 3.78. The molecule has 1 amide bonds. The molecule has 3 aromatic heterocycles. The quantitative estimate of drug-likeness (QED) is 0.315. The zero-order valence-corrected chi connectivity index (χ0v) is 19.0. The number of carbonyl (C=O) groups is 1. The van der Waals surface area contributed by atoms with Crippen molar-refractivity contribution in [3.8, 4) is 0 Å². The van der Waals surface area contributed by atoms with Gasteiger partial charge >= 0.3 is 5.63 Å². The molecule has 2 aromatic carbocycles. The van der Waals surface area contributed by atoms with Crippen LogP contribution >= 0.6 is 11.3 Å². The number of aromatic nitrogens is 2. The van der Waals surface area contributed by atoms with Crippen molar-refractivity contribution in [1.29, 1.82) is 0 Å². The van der Waals surface area contributed by atoms with Gasteiger partial charge in [-0.3, -0.25) is 14.7 Å². The number of pyridine rings is 1. The van der Waals surface area contributed by atoms with E-state index in [4.69, 9.17) is 9.40 Å². The number of fused-ring (bicyclic) bond motifs is 2. The molecule has 0 unspecified atom stereocenters. The Labute approximate surface area is 194 Å². The molecule has 0 aliphatic heterocycles. The molecule has 0 aliphatic rings. The van der Waals surface area contributed by atoms with Crippen molar-refractivity contribution in [2.45, 2.75) is 26.3 Å². The third kappa shape index (κ3) is 4.03. The Morgan fingerprint density at radius 3 is 2.67 bits per heavy atom. The third-order valence-electron chi connectivity index (χ3n) is 5.46. The summed E-state index contributed by atoms with van der Waals surface area (Å²) in [4.78, 5) is 37.2. The third-order valence-corrected chi connectivity index (χ3v) is 6.50. The molecule has 0 N–H and O–H groups in total. The number of hydrogen-bond donors (Lipinski definition) is 0.